The molecule has 0 aromatic carbocycles. The second kappa shape index (κ2) is 4.52. The molecule has 3 rings (SSSR count). The molecule has 1 aliphatic heterocycles. The fraction of sp³-hybridized carbons (Fsp3) is 0.462. The van der Waals surface area contributed by atoms with Crippen LogP contribution in [0.3, 0.4) is 0 Å². The highest BCUT2D eigenvalue weighted by Crippen LogP contribution is 2.29. The van der Waals surface area contributed by atoms with E-state index in [0.717, 1.165) is 31.8 Å². The summed E-state index contributed by atoms with van der Waals surface area (Å²) in [7, 11) is 0. The molecule has 0 bridgehead atoms. The Morgan fingerprint density at radius 2 is 2.21 bits per heavy atom. The molecule has 6 heteroatoms. The summed E-state index contributed by atoms with van der Waals surface area (Å²) in [6, 6.07) is 2.56. The van der Waals surface area contributed by atoms with Gasteiger partial charge in [-0.05, 0) is 37.6 Å². The zero-order valence-corrected chi connectivity index (χ0v) is 10.2. The van der Waals surface area contributed by atoms with E-state index < -0.39 is 11.7 Å². The maximum atomic E-state index is 12.7. The van der Waals surface area contributed by atoms with Crippen molar-refractivity contribution in [1.29, 1.82) is 0 Å². The SMILES string of the molecule is FC(F)(F)c1ccc2cnc(CC3CCNC3)n2c1. The zero-order valence-electron chi connectivity index (χ0n) is 10.2. The average molecular weight is 269 g/mol. The van der Waals surface area contributed by atoms with Gasteiger partial charge in [0, 0.05) is 12.6 Å². The predicted octanol–water partition coefficient (Wildman–Crippen LogP) is 2.51. The van der Waals surface area contributed by atoms with Crippen molar-refractivity contribution in [3.05, 3.63) is 35.9 Å². The van der Waals surface area contributed by atoms with Crippen molar-refractivity contribution in [2.75, 3.05) is 13.1 Å². The van der Waals surface area contributed by atoms with E-state index in [9.17, 15) is 13.2 Å². The molecule has 19 heavy (non-hydrogen) atoms. The lowest BCUT2D eigenvalue weighted by molar-refractivity contribution is -0.137. The van der Waals surface area contributed by atoms with Crippen molar-refractivity contribution in [2.45, 2.75) is 19.0 Å². The first-order valence-corrected chi connectivity index (χ1v) is 6.28. The first-order chi connectivity index (χ1) is 9.04. The average Bonchev–Trinajstić information content (AvgIpc) is 2.98. The van der Waals surface area contributed by atoms with Crippen LogP contribution in [-0.4, -0.2) is 22.5 Å². The van der Waals surface area contributed by atoms with E-state index in [1.807, 2.05) is 0 Å². The number of hydrogen-bond acceptors (Lipinski definition) is 2. The van der Waals surface area contributed by atoms with E-state index in [2.05, 4.69) is 10.3 Å². The number of aromatic nitrogens is 2. The van der Waals surface area contributed by atoms with Crippen LogP contribution in [0.4, 0.5) is 13.2 Å². The molecule has 1 N–H and O–H groups in total. The van der Waals surface area contributed by atoms with Gasteiger partial charge in [-0.3, -0.25) is 0 Å². The summed E-state index contributed by atoms with van der Waals surface area (Å²) in [4.78, 5) is 4.25. The summed E-state index contributed by atoms with van der Waals surface area (Å²) in [5.74, 6) is 1.16. The third-order valence-corrected chi connectivity index (χ3v) is 3.56. The molecule has 0 aliphatic carbocycles. The predicted molar refractivity (Wildman–Crippen MR) is 64.9 cm³/mol. The summed E-state index contributed by atoms with van der Waals surface area (Å²) < 4.78 is 39.7. The number of hydrogen-bond donors (Lipinski definition) is 1. The maximum absolute atomic E-state index is 12.7. The summed E-state index contributed by atoms with van der Waals surface area (Å²) in [6.45, 7) is 1.88. The van der Waals surface area contributed by atoms with E-state index in [1.165, 1.54) is 6.07 Å². The maximum Gasteiger partial charge on any atom is 0.417 e. The van der Waals surface area contributed by atoms with Gasteiger partial charge in [-0.15, -0.1) is 0 Å². The van der Waals surface area contributed by atoms with Crippen molar-refractivity contribution in [3.8, 4) is 0 Å². The quantitative estimate of drug-likeness (QED) is 0.907. The Morgan fingerprint density at radius 1 is 1.37 bits per heavy atom. The Hall–Kier alpha value is -1.56. The van der Waals surface area contributed by atoms with E-state index in [1.54, 1.807) is 10.6 Å². The normalized spacial score (nSPS) is 20.3. The van der Waals surface area contributed by atoms with Crippen molar-refractivity contribution < 1.29 is 13.2 Å². The van der Waals surface area contributed by atoms with Crippen LogP contribution >= 0.6 is 0 Å². The summed E-state index contributed by atoms with van der Waals surface area (Å²) in [5.41, 5.74) is 0.0674. The standard InChI is InChI=1S/C13H14F3N3/c14-13(15,16)10-1-2-11-7-18-12(19(11)8-10)5-9-3-4-17-6-9/h1-2,7-9,17H,3-6H2. The highest BCUT2D eigenvalue weighted by molar-refractivity contribution is 5.47. The fourth-order valence-electron chi connectivity index (χ4n) is 2.51. The van der Waals surface area contributed by atoms with Crippen LogP contribution < -0.4 is 5.32 Å². The van der Waals surface area contributed by atoms with E-state index in [-0.39, 0.29) is 0 Å². The van der Waals surface area contributed by atoms with Crippen molar-refractivity contribution >= 4 is 5.52 Å². The Morgan fingerprint density at radius 3 is 2.89 bits per heavy atom. The number of imidazole rings is 1. The van der Waals surface area contributed by atoms with Gasteiger partial charge in [-0.2, -0.15) is 13.2 Å². The lowest BCUT2D eigenvalue weighted by Gasteiger charge is -2.10. The van der Waals surface area contributed by atoms with Crippen LogP contribution in [-0.2, 0) is 12.6 Å². The molecule has 2 aromatic rings. The topological polar surface area (TPSA) is 29.3 Å². The van der Waals surface area contributed by atoms with Gasteiger partial charge in [0.1, 0.15) is 5.82 Å². The van der Waals surface area contributed by atoms with Gasteiger partial charge in [0.2, 0.25) is 0 Å². The minimum absolute atomic E-state index is 0.458. The van der Waals surface area contributed by atoms with Crippen molar-refractivity contribution in [1.82, 2.24) is 14.7 Å². The number of alkyl halides is 3. The molecule has 2 aromatic heterocycles. The molecule has 0 saturated carbocycles. The monoisotopic (exact) mass is 269 g/mol. The molecule has 1 aliphatic rings. The highest BCUT2D eigenvalue weighted by Gasteiger charge is 2.31. The van der Waals surface area contributed by atoms with Gasteiger partial charge >= 0.3 is 6.18 Å². The van der Waals surface area contributed by atoms with Gasteiger partial charge in [0.15, 0.2) is 0 Å². The Balaban J connectivity index is 1.95. The number of nitrogens with zero attached hydrogens (tertiary/aromatic N) is 2. The van der Waals surface area contributed by atoms with Gasteiger partial charge in [0.25, 0.3) is 0 Å². The number of pyridine rings is 1. The van der Waals surface area contributed by atoms with Crippen LogP contribution in [0.1, 0.15) is 17.8 Å². The van der Waals surface area contributed by atoms with Crippen molar-refractivity contribution in [2.24, 2.45) is 5.92 Å². The summed E-state index contributed by atoms with van der Waals surface area (Å²) in [5, 5.41) is 3.25. The van der Waals surface area contributed by atoms with E-state index in [4.69, 9.17) is 0 Å². The second-order valence-electron chi connectivity index (χ2n) is 4.95. The molecule has 1 unspecified atom stereocenters. The van der Waals surface area contributed by atoms with Gasteiger partial charge in [-0.1, -0.05) is 0 Å². The summed E-state index contributed by atoms with van der Waals surface area (Å²) >= 11 is 0. The number of nitrogens with one attached hydrogen (secondary N) is 1. The minimum Gasteiger partial charge on any atom is -0.316 e. The largest absolute Gasteiger partial charge is 0.417 e. The third-order valence-electron chi connectivity index (χ3n) is 3.56. The molecule has 102 valence electrons. The number of halogens is 3. The van der Waals surface area contributed by atoms with Gasteiger partial charge < -0.3 is 9.72 Å². The van der Waals surface area contributed by atoms with Gasteiger partial charge in [0.05, 0.1) is 17.3 Å². The molecule has 0 amide bonds. The molecule has 1 saturated heterocycles. The lowest BCUT2D eigenvalue weighted by atomic mass is 10.0. The zero-order chi connectivity index (χ0) is 13.5. The van der Waals surface area contributed by atoms with Crippen LogP contribution in [0.15, 0.2) is 24.5 Å². The Kier molecular flexibility index (Phi) is 2.97. The molecule has 3 heterocycles. The van der Waals surface area contributed by atoms with Crippen LogP contribution in [0.2, 0.25) is 0 Å². The molecule has 0 radical (unpaired) electrons. The van der Waals surface area contributed by atoms with Crippen LogP contribution in [0.5, 0.6) is 0 Å². The van der Waals surface area contributed by atoms with E-state index >= 15 is 0 Å². The number of fused-ring (bicyclic) bond motifs is 1. The van der Waals surface area contributed by atoms with Gasteiger partial charge in [-0.25, -0.2) is 4.98 Å². The molecule has 1 fully saturated rings. The highest BCUT2D eigenvalue weighted by atomic mass is 19.4. The Bertz CT molecular complexity index is 582. The molecular weight excluding hydrogens is 255 g/mol. The van der Waals surface area contributed by atoms with Crippen LogP contribution in [0, 0.1) is 5.92 Å². The third kappa shape index (κ3) is 2.45. The fourth-order valence-corrected chi connectivity index (χ4v) is 2.51. The molecular formula is C13H14F3N3. The Labute approximate surface area is 108 Å². The summed E-state index contributed by atoms with van der Waals surface area (Å²) in [6.07, 6.45) is 0.207. The smallest absolute Gasteiger partial charge is 0.316 e. The molecule has 0 spiro atoms. The first kappa shape index (κ1) is 12.5. The molecule has 3 nitrogen and oxygen atoms in total. The lowest BCUT2D eigenvalue weighted by Crippen LogP contribution is -2.13. The molecule has 1 atom stereocenters. The minimum atomic E-state index is -4.31. The second-order valence-corrected chi connectivity index (χ2v) is 4.95. The first-order valence-electron chi connectivity index (χ1n) is 6.28. The van der Waals surface area contributed by atoms with Crippen LogP contribution in [0.25, 0.3) is 5.52 Å². The van der Waals surface area contributed by atoms with Crippen molar-refractivity contribution in [3.63, 3.8) is 0 Å². The number of rotatable bonds is 2. The van der Waals surface area contributed by atoms with E-state index in [0.29, 0.717) is 23.7 Å².